The van der Waals surface area contributed by atoms with Crippen LogP contribution in [0.3, 0.4) is 0 Å². The monoisotopic (exact) mass is 652 g/mol. The summed E-state index contributed by atoms with van der Waals surface area (Å²) in [6.45, 7) is 10.5. The van der Waals surface area contributed by atoms with Gasteiger partial charge in [0, 0.05) is 61.8 Å². The largest absolute Gasteiger partial charge is 0.497 e. The van der Waals surface area contributed by atoms with Crippen LogP contribution in [0.15, 0.2) is 71.6 Å². The van der Waals surface area contributed by atoms with Crippen molar-refractivity contribution < 1.29 is 14.3 Å². The van der Waals surface area contributed by atoms with Crippen molar-refractivity contribution in [3.63, 3.8) is 0 Å². The van der Waals surface area contributed by atoms with Crippen LogP contribution in [-0.2, 0) is 11.3 Å². The minimum absolute atomic E-state index is 0.0543. The molecule has 248 valence electrons. The van der Waals surface area contributed by atoms with Gasteiger partial charge in [-0.3, -0.25) is 14.5 Å². The summed E-state index contributed by atoms with van der Waals surface area (Å²) in [7, 11) is 1.69. The van der Waals surface area contributed by atoms with Crippen molar-refractivity contribution >= 4 is 35.3 Å². The highest BCUT2D eigenvalue weighted by Gasteiger charge is 2.40. The number of fused-ring (bicyclic) bond motifs is 1. The third kappa shape index (κ3) is 8.22. The molecule has 1 aliphatic carbocycles. The summed E-state index contributed by atoms with van der Waals surface area (Å²) >= 11 is 1.76. The van der Waals surface area contributed by atoms with Gasteiger partial charge in [-0.2, -0.15) is 0 Å². The maximum absolute atomic E-state index is 13.9. The van der Waals surface area contributed by atoms with E-state index in [-0.39, 0.29) is 17.9 Å². The van der Waals surface area contributed by atoms with Crippen LogP contribution in [0.1, 0.15) is 64.7 Å². The van der Waals surface area contributed by atoms with Gasteiger partial charge in [0.15, 0.2) is 0 Å². The Hall–Kier alpha value is -3.75. The lowest BCUT2D eigenvalue weighted by molar-refractivity contribution is -0.130. The highest BCUT2D eigenvalue weighted by Crippen LogP contribution is 2.43. The van der Waals surface area contributed by atoms with Crippen LogP contribution >= 0.6 is 11.8 Å². The SMILES string of the molecule is COc1ccc(N2CCN(CCCNC(=O)c3ccc(/C=C4\SC5CCCCC5N(Cc5cc(C)ccc5C)C4=O)cc3)CC2)cc1. The van der Waals surface area contributed by atoms with Gasteiger partial charge in [0.1, 0.15) is 5.75 Å². The lowest BCUT2D eigenvalue weighted by atomic mass is 9.92. The minimum atomic E-state index is -0.0543. The molecule has 0 aromatic heterocycles. The second-order valence-corrected chi connectivity index (χ2v) is 14.4. The first-order valence-corrected chi connectivity index (χ1v) is 18.0. The van der Waals surface area contributed by atoms with Crippen molar-refractivity contribution in [1.29, 1.82) is 0 Å². The van der Waals surface area contributed by atoms with Crippen molar-refractivity contribution in [2.75, 3.05) is 51.3 Å². The van der Waals surface area contributed by atoms with E-state index in [4.69, 9.17) is 4.74 Å². The first-order valence-electron chi connectivity index (χ1n) is 17.1. The van der Waals surface area contributed by atoms with Crippen LogP contribution in [0.2, 0.25) is 0 Å². The Morgan fingerprint density at radius 2 is 1.70 bits per heavy atom. The van der Waals surface area contributed by atoms with E-state index in [0.717, 1.165) is 68.2 Å². The molecule has 1 N–H and O–H groups in total. The first-order chi connectivity index (χ1) is 22.9. The molecule has 2 saturated heterocycles. The molecule has 8 heteroatoms. The number of hydrogen-bond acceptors (Lipinski definition) is 6. The number of aryl methyl sites for hydroxylation is 2. The van der Waals surface area contributed by atoms with Gasteiger partial charge in [0.2, 0.25) is 0 Å². The number of piperazine rings is 1. The second-order valence-electron chi connectivity index (χ2n) is 13.1. The van der Waals surface area contributed by atoms with Crippen molar-refractivity contribution in [2.45, 2.75) is 63.8 Å². The number of benzene rings is 3. The van der Waals surface area contributed by atoms with Gasteiger partial charge in [-0.05, 0) is 98.8 Å². The van der Waals surface area contributed by atoms with E-state index in [0.29, 0.717) is 23.9 Å². The van der Waals surface area contributed by atoms with Crippen molar-refractivity contribution in [3.05, 3.63) is 99.5 Å². The lowest BCUT2D eigenvalue weighted by Gasteiger charge is -2.44. The third-order valence-electron chi connectivity index (χ3n) is 9.88. The predicted octanol–water partition coefficient (Wildman–Crippen LogP) is 6.68. The Labute approximate surface area is 284 Å². The molecule has 0 radical (unpaired) electrons. The number of carbonyl (C=O) groups excluding carboxylic acids is 2. The summed E-state index contributed by atoms with van der Waals surface area (Å²) in [6, 6.07) is 22.7. The van der Waals surface area contributed by atoms with E-state index in [1.54, 1.807) is 18.9 Å². The summed E-state index contributed by atoms with van der Waals surface area (Å²) in [5.41, 5.74) is 6.52. The smallest absolute Gasteiger partial charge is 0.260 e. The number of hydrogen-bond donors (Lipinski definition) is 1. The van der Waals surface area contributed by atoms with Crippen LogP contribution in [0, 0.1) is 13.8 Å². The van der Waals surface area contributed by atoms with E-state index in [1.807, 2.05) is 42.5 Å². The average Bonchev–Trinajstić information content (AvgIpc) is 3.10. The van der Waals surface area contributed by atoms with E-state index in [9.17, 15) is 9.59 Å². The number of thioether (sulfide) groups is 1. The normalized spacial score (nSPS) is 21.1. The number of anilines is 1. The van der Waals surface area contributed by atoms with E-state index < -0.39 is 0 Å². The number of methoxy groups -OCH3 is 1. The van der Waals surface area contributed by atoms with Crippen LogP contribution in [0.25, 0.3) is 6.08 Å². The van der Waals surface area contributed by atoms with Gasteiger partial charge in [-0.15, -0.1) is 11.8 Å². The molecule has 2 amide bonds. The lowest BCUT2D eigenvalue weighted by Crippen LogP contribution is -2.50. The molecule has 6 rings (SSSR count). The molecule has 0 bridgehead atoms. The van der Waals surface area contributed by atoms with Crippen molar-refractivity contribution in [1.82, 2.24) is 15.1 Å². The molecule has 3 fully saturated rings. The zero-order valence-corrected chi connectivity index (χ0v) is 28.9. The molecule has 0 spiro atoms. The molecule has 3 aromatic rings. The van der Waals surface area contributed by atoms with Crippen LogP contribution in [0.4, 0.5) is 5.69 Å². The quantitative estimate of drug-likeness (QED) is 0.195. The number of nitrogens with one attached hydrogen (secondary N) is 1. The summed E-state index contributed by atoms with van der Waals surface area (Å²) in [5.74, 6) is 0.954. The molecule has 3 aromatic carbocycles. The molecular weight excluding hydrogens is 605 g/mol. The van der Waals surface area contributed by atoms with Crippen LogP contribution in [-0.4, -0.2) is 79.3 Å². The maximum atomic E-state index is 13.9. The molecule has 47 heavy (non-hydrogen) atoms. The Morgan fingerprint density at radius 3 is 2.45 bits per heavy atom. The fraction of sp³-hybridized carbons (Fsp3) is 0.436. The van der Waals surface area contributed by atoms with Gasteiger partial charge in [0.25, 0.3) is 11.8 Å². The van der Waals surface area contributed by atoms with Crippen LogP contribution < -0.4 is 15.0 Å². The molecule has 2 unspecified atom stereocenters. The van der Waals surface area contributed by atoms with E-state index in [2.05, 4.69) is 64.2 Å². The van der Waals surface area contributed by atoms with Crippen molar-refractivity contribution in [3.8, 4) is 5.75 Å². The fourth-order valence-corrected chi connectivity index (χ4v) is 8.50. The topological polar surface area (TPSA) is 65.1 Å². The number of rotatable bonds is 10. The zero-order chi connectivity index (χ0) is 32.8. The predicted molar refractivity (Wildman–Crippen MR) is 193 cm³/mol. The summed E-state index contributed by atoms with van der Waals surface area (Å²) in [5, 5.41) is 3.52. The van der Waals surface area contributed by atoms with Crippen molar-refractivity contribution in [2.24, 2.45) is 0 Å². The summed E-state index contributed by atoms with van der Waals surface area (Å²) in [6.07, 6.45) is 7.55. The number of ether oxygens (including phenoxy) is 1. The molecule has 2 heterocycles. The Bertz CT molecular complexity index is 1560. The molecular formula is C39H48N4O3S. The number of amides is 2. The minimum Gasteiger partial charge on any atom is -0.497 e. The fourth-order valence-electron chi connectivity index (χ4n) is 7.03. The standard InChI is InChI=1S/C39H48N4O3S/c1-28-9-10-29(2)32(25-28)27-43-35-7-4-5-8-36(35)47-37(39(43)45)26-30-11-13-31(14-12-30)38(44)40-19-6-20-41-21-23-42(24-22-41)33-15-17-34(46-3)18-16-33/h9-18,25-26,35-36H,4-8,19-24,27H2,1-3H3,(H,40,44)/b37-26-. The molecule has 2 aliphatic heterocycles. The summed E-state index contributed by atoms with van der Waals surface area (Å²) in [4.78, 5) is 34.6. The summed E-state index contributed by atoms with van der Waals surface area (Å²) < 4.78 is 5.28. The van der Waals surface area contributed by atoms with Gasteiger partial charge in [0.05, 0.1) is 12.0 Å². The molecule has 1 saturated carbocycles. The van der Waals surface area contributed by atoms with Gasteiger partial charge >= 0.3 is 0 Å². The zero-order valence-electron chi connectivity index (χ0n) is 28.0. The van der Waals surface area contributed by atoms with Crippen LogP contribution in [0.5, 0.6) is 5.75 Å². The molecule has 3 aliphatic rings. The second kappa shape index (κ2) is 15.4. The number of carbonyl (C=O) groups is 2. The third-order valence-corrected chi connectivity index (χ3v) is 11.3. The van der Waals surface area contributed by atoms with E-state index >= 15 is 0 Å². The highest BCUT2D eigenvalue weighted by molar-refractivity contribution is 8.04. The Kier molecular flexibility index (Phi) is 10.9. The van der Waals surface area contributed by atoms with Gasteiger partial charge in [-0.25, -0.2) is 0 Å². The van der Waals surface area contributed by atoms with E-state index in [1.165, 1.54) is 35.2 Å². The maximum Gasteiger partial charge on any atom is 0.260 e. The average molecular weight is 653 g/mol. The number of nitrogens with zero attached hydrogens (tertiary/aromatic N) is 3. The highest BCUT2D eigenvalue weighted by atomic mass is 32.2. The molecule has 7 nitrogen and oxygen atoms in total. The van der Waals surface area contributed by atoms with Gasteiger partial charge < -0.3 is 19.9 Å². The Morgan fingerprint density at radius 1 is 0.957 bits per heavy atom. The van der Waals surface area contributed by atoms with Gasteiger partial charge in [-0.1, -0.05) is 48.7 Å². The Balaban J connectivity index is 0.994. The molecule has 2 atom stereocenters. The first kappa shape index (κ1) is 33.2.